The highest BCUT2D eigenvalue weighted by Crippen LogP contribution is 2.32. The van der Waals surface area contributed by atoms with Crippen LogP contribution in [0, 0.1) is 0 Å². The van der Waals surface area contributed by atoms with E-state index in [1.807, 2.05) is 18.2 Å². The molecule has 3 rings (SSSR count). The number of thiazole rings is 1. The van der Waals surface area contributed by atoms with Crippen molar-refractivity contribution in [3.05, 3.63) is 24.3 Å². The summed E-state index contributed by atoms with van der Waals surface area (Å²) in [4.78, 5) is 18.2. The summed E-state index contributed by atoms with van der Waals surface area (Å²) in [5, 5.41) is 0.916. The Kier molecular flexibility index (Phi) is 2.91. The van der Waals surface area contributed by atoms with Gasteiger partial charge in [-0.05, 0) is 31.4 Å². The molecule has 0 radical (unpaired) electrons. The van der Waals surface area contributed by atoms with Crippen LogP contribution in [-0.4, -0.2) is 23.5 Å². The number of piperidine rings is 1. The van der Waals surface area contributed by atoms with Gasteiger partial charge in [-0.2, -0.15) is 0 Å². The van der Waals surface area contributed by atoms with E-state index >= 15 is 0 Å². The number of para-hydroxylation sites is 1. The molecule has 0 spiro atoms. The first kappa shape index (κ1) is 11.5. The van der Waals surface area contributed by atoms with Gasteiger partial charge in [0, 0.05) is 6.54 Å². The van der Waals surface area contributed by atoms with Crippen LogP contribution in [0.4, 0.5) is 5.13 Å². The smallest absolute Gasteiger partial charge is 0.240 e. The maximum Gasteiger partial charge on any atom is 0.240 e. The average Bonchev–Trinajstić information content (AvgIpc) is 2.82. The normalized spacial score (nSPS) is 20.2. The van der Waals surface area contributed by atoms with Crippen LogP contribution in [0.1, 0.15) is 19.3 Å². The van der Waals surface area contributed by atoms with E-state index in [1.165, 1.54) is 0 Å². The van der Waals surface area contributed by atoms with Gasteiger partial charge in [-0.1, -0.05) is 23.5 Å². The van der Waals surface area contributed by atoms with Crippen molar-refractivity contribution in [3.63, 3.8) is 0 Å². The van der Waals surface area contributed by atoms with Gasteiger partial charge in [-0.25, -0.2) is 4.98 Å². The van der Waals surface area contributed by atoms with E-state index in [0.29, 0.717) is 0 Å². The third-order valence-electron chi connectivity index (χ3n) is 3.36. The number of hydrogen-bond acceptors (Lipinski definition) is 4. The maximum absolute atomic E-state index is 11.5. The second kappa shape index (κ2) is 4.57. The lowest BCUT2D eigenvalue weighted by molar-refractivity contribution is -0.119. The first-order chi connectivity index (χ1) is 8.75. The summed E-state index contributed by atoms with van der Waals surface area (Å²) in [6.45, 7) is 0.868. The van der Waals surface area contributed by atoms with E-state index in [1.54, 1.807) is 11.3 Å². The molecule has 0 saturated carbocycles. The number of fused-ring (bicyclic) bond motifs is 1. The topological polar surface area (TPSA) is 59.2 Å². The number of rotatable bonds is 2. The van der Waals surface area contributed by atoms with Crippen LogP contribution in [-0.2, 0) is 4.79 Å². The van der Waals surface area contributed by atoms with Crippen molar-refractivity contribution in [2.75, 3.05) is 11.4 Å². The van der Waals surface area contributed by atoms with Crippen LogP contribution in [0.2, 0.25) is 0 Å². The van der Waals surface area contributed by atoms with Crippen molar-refractivity contribution in [2.45, 2.75) is 25.3 Å². The molecule has 1 aliphatic rings. The molecule has 5 heteroatoms. The summed E-state index contributed by atoms with van der Waals surface area (Å²) in [5.74, 6) is -0.242. The zero-order chi connectivity index (χ0) is 12.5. The molecule has 0 aliphatic carbocycles. The molecular formula is C13H15N3OS. The molecule has 1 unspecified atom stereocenters. The van der Waals surface area contributed by atoms with Crippen molar-refractivity contribution < 1.29 is 4.79 Å². The van der Waals surface area contributed by atoms with E-state index in [2.05, 4.69) is 16.0 Å². The lowest BCUT2D eigenvalue weighted by Crippen LogP contribution is -2.47. The van der Waals surface area contributed by atoms with Crippen LogP contribution in [0.15, 0.2) is 24.3 Å². The molecule has 1 atom stereocenters. The molecular weight excluding hydrogens is 246 g/mol. The number of benzene rings is 1. The Balaban J connectivity index is 1.98. The number of amides is 1. The van der Waals surface area contributed by atoms with Crippen LogP contribution in [0.3, 0.4) is 0 Å². The Morgan fingerprint density at radius 2 is 2.22 bits per heavy atom. The predicted octanol–water partition coefficient (Wildman–Crippen LogP) is 2.14. The van der Waals surface area contributed by atoms with Gasteiger partial charge in [0.05, 0.1) is 10.2 Å². The minimum Gasteiger partial charge on any atom is -0.368 e. The van der Waals surface area contributed by atoms with E-state index in [-0.39, 0.29) is 11.9 Å². The molecule has 1 aromatic heterocycles. The van der Waals surface area contributed by atoms with Gasteiger partial charge >= 0.3 is 0 Å². The monoisotopic (exact) mass is 261 g/mol. The number of anilines is 1. The molecule has 94 valence electrons. The summed E-state index contributed by atoms with van der Waals surface area (Å²) in [6, 6.07) is 7.84. The Labute approximate surface area is 109 Å². The van der Waals surface area contributed by atoms with Crippen LogP contribution in [0.25, 0.3) is 10.2 Å². The molecule has 1 amide bonds. The number of carbonyl (C=O) groups excluding carboxylic acids is 1. The van der Waals surface area contributed by atoms with E-state index in [9.17, 15) is 4.79 Å². The average molecular weight is 261 g/mol. The second-order valence-corrected chi connectivity index (χ2v) is 5.58. The highest BCUT2D eigenvalue weighted by molar-refractivity contribution is 7.22. The van der Waals surface area contributed by atoms with Crippen LogP contribution >= 0.6 is 11.3 Å². The van der Waals surface area contributed by atoms with E-state index < -0.39 is 0 Å². The standard InChI is InChI=1S/C13H15N3OS/c14-12(17)10-6-3-4-8-16(10)13-15-9-5-1-2-7-11(9)18-13/h1-2,5,7,10H,3-4,6,8H2,(H2,14,17). The molecule has 2 N–H and O–H groups in total. The highest BCUT2D eigenvalue weighted by atomic mass is 32.1. The summed E-state index contributed by atoms with van der Waals surface area (Å²) in [5.41, 5.74) is 6.48. The number of nitrogens with zero attached hydrogens (tertiary/aromatic N) is 2. The molecule has 2 heterocycles. The number of carbonyl (C=O) groups is 1. The van der Waals surface area contributed by atoms with Crippen molar-refractivity contribution in [3.8, 4) is 0 Å². The quantitative estimate of drug-likeness (QED) is 0.901. The lowest BCUT2D eigenvalue weighted by atomic mass is 10.0. The van der Waals surface area contributed by atoms with Gasteiger partial charge in [0.15, 0.2) is 5.13 Å². The molecule has 1 saturated heterocycles. The number of hydrogen-bond donors (Lipinski definition) is 1. The second-order valence-electron chi connectivity index (χ2n) is 4.57. The summed E-state index contributed by atoms with van der Waals surface area (Å²) >= 11 is 1.63. The van der Waals surface area contributed by atoms with Gasteiger partial charge in [0.1, 0.15) is 6.04 Å². The van der Waals surface area contributed by atoms with Gasteiger partial charge in [0.25, 0.3) is 0 Å². The number of primary amides is 1. The highest BCUT2D eigenvalue weighted by Gasteiger charge is 2.28. The minimum absolute atomic E-state index is 0.195. The summed E-state index contributed by atoms with van der Waals surface area (Å²) in [6.07, 6.45) is 3.00. The fraction of sp³-hybridized carbons (Fsp3) is 0.385. The predicted molar refractivity (Wildman–Crippen MR) is 73.8 cm³/mol. The van der Waals surface area contributed by atoms with Crippen LogP contribution < -0.4 is 10.6 Å². The summed E-state index contributed by atoms with van der Waals surface area (Å²) in [7, 11) is 0. The fourth-order valence-corrected chi connectivity index (χ4v) is 3.48. The molecule has 4 nitrogen and oxygen atoms in total. The third-order valence-corrected chi connectivity index (χ3v) is 4.43. The van der Waals surface area contributed by atoms with Crippen molar-refractivity contribution in [2.24, 2.45) is 5.73 Å². The fourth-order valence-electron chi connectivity index (χ4n) is 2.44. The van der Waals surface area contributed by atoms with Crippen molar-refractivity contribution >= 4 is 32.6 Å². The number of aromatic nitrogens is 1. The molecule has 1 fully saturated rings. The lowest BCUT2D eigenvalue weighted by Gasteiger charge is -2.33. The molecule has 0 bridgehead atoms. The van der Waals surface area contributed by atoms with Gasteiger partial charge in [-0.15, -0.1) is 0 Å². The van der Waals surface area contributed by atoms with Gasteiger partial charge in [0.2, 0.25) is 5.91 Å². The molecule has 1 aromatic carbocycles. The molecule has 18 heavy (non-hydrogen) atoms. The number of nitrogens with two attached hydrogens (primary N) is 1. The largest absolute Gasteiger partial charge is 0.368 e. The Hall–Kier alpha value is -1.62. The van der Waals surface area contributed by atoms with Crippen molar-refractivity contribution in [1.29, 1.82) is 0 Å². The van der Waals surface area contributed by atoms with E-state index in [4.69, 9.17) is 5.73 Å². The maximum atomic E-state index is 11.5. The molecule has 1 aliphatic heterocycles. The third kappa shape index (κ3) is 1.95. The van der Waals surface area contributed by atoms with Gasteiger partial charge in [-0.3, -0.25) is 4.79 Å². The first-order valence-electron chi connectivity index (χ1n) is 6.17. The van der Waals surface area contributed by atoms with E-state index in [0.717, 1.165) is 41.2 Å². The Morgan fingerprint density at radius 1 is 1.39 bits per heavy atom. The molecule has 2 aromatic rings. The minimum atomic E-state index is -0.242. The van der Waals surface area contributed by atoms with Crippen LogP contribution in [0.5, 0.6) is 0 Å². The Morgan fingerprint density at radius 3 is 3.00 bits per heavy atom. The van der Waals surface area contributed by atoms with Crippen molar-refractivity contribution in [1.82, 2.24) is 4.98 Å². The first-order valence-corrected chi connectivity index (χ1v) is 6.99. The SMILES string of the molecule is NC(=O)C1CCCCN1c1nc2ccccc2s1. The zero-order valence-corrected chi connectivity index (χ0v) is 10.8. The summed E-state index contributed by atoms with van der Waals surface area (Å²) < 4.78 is 1.15. The zero-order valence-electron chi connectivity index (χ0n) is 10.0. The van der Waals surface area contributed by atoms with Gasteiger partial charge < -0.3 is 10.6 Å². The Bertz CT molecular complexity index is 547.